The third kappa shape index (κ3) is 5.64. The molecule has 1 aliphatic rings. The highest BCUT2D eigenvalue weighted by Gasteiger charge is 2.14. The van der Waals surface area contributed by atoms with Crippen LogP contribution in [0.1, 0.15) is 22.3 Å². The number of rotatable bonds is 7. The number of ether oxygens (including phenoxy) is 1. The van der Waals surface area contributed by atoms with Crippen LogP contribution in [0.5, 0.6) is 0 Å². The number of aryl methyl sites for hydroxylation is 1. The van der Waals surface area contributed by atoms with Gasteiger partial charge in [-0.1, -0.05) is 48.5 Å². The van der Waals surface area contributed by atoms with Crippen LogP contribution in [-0.4, -0.2) is 39.6 Å². The predicted molar refractivity (Wildman–Crippen MR) is 103 cm³/mol. The van der Waals surface area contributed by atoms with Gasteiger partial charge in [-0.2, -0.15) is 0 Å². The molecule has 0 saturated carbocycles. The van der Waals surface area contributed by atoms with Crippen molar-refractivity contribution in [2.75, 3.05) is 26.3 Å². The van der Waals surface area contributed by atoms with Gasteiger partial charge in [0.1, 0.15) is 0 Å². The van der Waals surface area contributed by atoms with Gasteiger partial charge in [0.25, 0.3) is 0 Å². The minimum atomic E-state index is -3.37. The largest absolute Gasteiger partial charge is 0.379 e. The highest BCUT2D eigenvalue weighted by atomic mass is 32.2. The molecule has 0 unspecified atom stereocenters. The molecule has 5 nitrogen and oxygen atoms in total. The van der Waals surface area contributed by atoms with Crippen LogP contribution in [-0.2, 0) is 33.6 Å². The third-order valence-electron chi connectivity index (χ3n) is 4.60. The summed E-state index contributed by atoms with van der Waals surface area (Å²) in [7, 11) is -3.37. The number of nitrogens with one attached hydrogen (secondary N) is 1. The average Bonchev–Trinajstić information content (AvgIpc) is 2.63. The van der Waals surface area contributed by atoms with Gasteiger partial charge in [-0.15, -0.1) is 0 Å². The lowest BCUT2D eigenvalue weighted by Crippen LogP contribution is -2.35. The van der Waals surface area contributed by atoms with E-state index in [-0.39, 0.29) is 5.75 Å². The molecule has 1 saturated heterocycles. The van der Waals surface area contributed by atoms with Crippen LogP contribution in [0, 0.1) is 6.92 Å². The Bertz CT molecular complexity index is 830. The summed E-state index contributed by atoms with van der Waals surface area (Å²) in [5.41, 5.74) is 4.00. The first kappa shape index (κ1) is 19.0. The number of hydrogen-bond donors (Lipinski definition) is 1. The quantitative estimate of drug-likeness (QED) is 0.809. The van der Waals surface area contributed by atoms with Crippen LogP contribution in [0.4, 0.5) is 0 Å². The van der Waals surface area contributed by atoms with E-state index in [4.69, 9.17) is 4.74 Å². The van der Waals surface area contributed by atoms with E-state index in [1.165, 1.54) is 5.56 Å². The summed E-state index contributed by atoms with van der Waals surface area (Å²) < 4.78 is 32.9. The molecule has 1 fully saturated rings. The Labute approximate surface area is 156 Å². The summed E-state index contributed by atoms with van der Waals surface area (Å²) in [6.07, 6.45) is 0. The van der Waals surface area contributed by atoms with Crippen molar-refractivity contribution in [3.05, 3.63) is 70.8 Å². The highest BCUT2D eigenvalue weighted by Crippen LogP contribution is 2.13. The van der Waals surface area contributed by atoms with Gasteiger partial charge in [0.15, 0.2) is 0 Å². The Hall–Kier alpha value is -1.73. The van der Waals surface area contributed by atoms with Gasteiger partial charge in [-0.25, -0.2) is 13.1 Å². The van der Waals surface area contributed by atoms with Crippen molar-refractivity contribution < 1.29 is 13.2 Å². The van der Waals surface area contributed by atoms with Crippen molar-refractivity contribution >= 4 is 10.0 Å². The molecule has 0 bridgehead atoms. The number of nitrogens with zero attached hydrogens (tertiary/aromatic N) is 1. The monoisotopic (exact) mass is 374 g/mol. The maximum atomic E-state index is 12.4. The summed E-state index contributed by atoms with van der Waals surface area (Å²) in [6, 6.07) is 15.7. The van der Waals surface area contributed by atoms with E-state index in [0.717, 1.165) is 49.5 Å². The first-order valence-corrected chi connectivity index (χ1v) is 10.6. The van der Waals surface area contributed by atoms with Crippen molar-refractivity contribution in [3.8, 4) is 0 Å². The van der Waals surface area contributed by atoms with E-state index in [0.29, 0.717) is 6.54 Å². The van der Waals surface area contributed by atoms with Crippen LogP contribution in [0.25, 0.3) is 0 Å². The molecule has 1 N–H and O–H groups in total. The second-order valence-corrected chi connectivity index (χ2v) is 8.52. The van der Waals surface area contributed by atoms with E-state index in [2.05, 4.69) is 21.8 Å². The van der Waals surface area contributed by atoms with Crippen LogP contribution in [0.2, 0.25) is 0 Å². The molecular weight excluding hydrogens is 348 g/mol. The summed E-state index contributed by atoms with van der Waals surface area (Å²) in [4.78, 5) is 2.35. The lowest BCUT2D eigenvalue weighted by molar-refractivity contribution is 0.0342. The fourth-order valence-electron chi connectivity index (χ4n) is 3.08. The maximum Gasteiger partial charge on any atom is 0.216 e. The lowest BCUT2D eigenvalue weighted by Gasteiger charge is -2.26. The second-order valence-electron chi connectivity index (χ2n) is 6.72. The fourth-order valence-corrected chi connectivity index (χ4v) is 4.30. The summed E-state index contributed by atoms with van der Waals surface area (Å²) in [6.45, 7) is 6.54. The SMILES string of the molecule is Cc1ccccc1CS(=O)(=O)NCc1cccc(CN2CCOCC2)c1. The lowest BCUT2D eigenvalue weighted by atomic mass is 10.1. The van der Waals surface area contributed by atoms with Gasteiger partial charge in [0.2, 0.25) is 10.0 Å². The Morgan fingerprint density at radius 1 is 1.04 bits per heavy atom. The average molecular weight is 375 g/mol. The van der Waals surface area contributed by atoms with Gasteiger partial charge in [0.05, 0.1) is 19.0 Å². The topological polar surface area (TPSA) is 58.6 Å². The molecule has 3 rings (SSSR count). The van der Waals surface area contributed by atoms with Gasteiger partial charge in [-0.05, 0) is 29.2 Å². The fraction of sp³-hybridized carbons (Fsp3) is 0.400. The standard InChI is InChI=1S/C20H26N2O3S/c1-17-5-2-3-8-20(17)16-26(23,24)21-14-18-6-4-7-19(13-18)15-22-9-11-25-12-10-22/h2-8,13,21H,9-12,14-16H2,1H3. The van der Waals surface area contributed by atoms with E-state index in [1.54, 1.807) is 0 Å². The van der Waals surface area contributed by atoms with Crippen molar-refractivity contribution in [2.24, 2.45) is 0 Å². The zero-order valence-corrected chi connectivity index (χ0v) is 16.0. The van der Waals surface area contributed by atoms with Gasteiger partial charge in [0, 0.05) is 26.2 Å². The van der Waals surface area contributed by atoms with Crippen LogP contribution in [0.15, 0.2) is 48.5 Å². The number of hydrogen-bond acceptors (Lipinski definition) is 4. The number of morpholine rings is 1. The van der Waals surface area contributed by atoms with Gasteiger partial charge >= 0.3 is 0 Å². The molecule has 0 aromatic heterocycles. The molecule has 0 atom stereocenters. The molecule has 0 amide bonds. The van der Waals surface area contributed by atoms with Crippen molar-refractivity contribution in [3.63, 3.8) is 0 Å². The normalized spacial score (nSPS) is 15.9. The molecule has 1 aliphatic heterocycles. The molecule has 1 heterocycles. The summed E-state index contributed by atoms with van der Waals surface area (Å²) in [5.74, 6) is 0.00709. The smallest absolute Gasteiger partial charge is 0.216 e. The summed E-state index contributed by atoms with van der Waals surface area (Å²) >= 11 is 0. The van der Waals surface area contributed by atoms with Crippen molar-refractivity contribution in [1.29, 1.82) is 0 Å². The minimum absolute atomic E-state index is 0.00709. The predicted octanol–water partition coefficient (Wildman–Crippen LogP) is 2.45. The van der Waals surface area contributed by atoms with Crippen LogP contribution in [0.3, 0.4) is 0 Å². The minimum Gasteiger partial charge on any atom is -0.379 e. The zero-order valence-electron chi connectivity index (χ0n) is 15.1. The molecule has 6 heteroatoms. The molecule has 2 aromatic rings. The van der Waals surface area contributed by atoms with E-state index in [1.807, 2.05) is 43.3 Å². The maximum absolute atomic E-state index is 12.4. The molecule has 0 radical (unpaired) electrons. The Balaban J connectivity index is 1.58. The zero-order chi connectivity index (χ0) is 18.4. The van der Waals surface area contributed by atoms with E-state index < -0.39 is 10.0 Å². The van der Waals surface area contributed by atoms with E-state index >= 15 is 0 Å². The number of benzene rings is 2. The summed E-state index contributed by atoms with van der Waals surface area (Å²) in [5, 5.41) is 0. The van der Waals surface area contributed by atoms with Gasteiger partial charge in [-0.3, -0.25) is 4.90 Å². The second kappa shape index (κ2) is 8.77. The van der Waals surface area contributed by atoms with Crippen molar-refractivity contribution in [1.82, 2.24) is 9.62 Å². The third-order valence-corrected chi connectivity index (χ3v) is 5.88. The Morgan fingerprint density at radius 2 is 1.77 bits per heavy atom. The van der Waals surface area contributed by atoms with Gasteiger partial charge < -0.3 is 4.74 Å². The molecular formula is C20H26N2O3S. The van der Waals surface area contributed by atoms with Crippen molar-refractivity contribution in [2.45, 2.75) is 25.8 Å². The molecule has 0 spiro atoms. The van der Waals surface area contributed by atoms with Crippen LogP contribution >= 0.6 is 0 Å². The van der Waals surface area contributed by atoms with E-state index in [9.17, 15) is 8.42 Å². The van der Waals surface area contributed by atoms with Crippen LogP contribution < -0.4 is 4.72 Å². The Kier molecular flexibility index (Phi) is 6.43. The highest BCUT2D eigenvalue weighted by molar-refractivity contribution is 7.88. The molecule has 140 valence electrons. The first-order chi connectivity index (χ1) is 12.5. The Morgan fingerprint density at radius 3 is 2.54 bits per heavy atom. The number of sulfonamides is 1. The molecule has 26 heavy (non-hydrogen) atoms. The molecule has 2 aromatic carbocycles. The first-order valence-electron chi connectivity index (χ1n) is 8.92. The molecule has 0 aliphatic carbocycles.